The molecule has 0 spiro atoms. The molecule has 0 unspecified atom stereocenters. The summed E-state index contributed by atoms with van der Waals surface area (Å²) in [6, 6.07) is 9.19. The number of thioether (sulfide) groups is 1. The van der Waals surface area contributed by atoms with Crippen molar-refractivity contribution in [2.75, 3.05) is 30.4 Å². The maximum absolute atomic E-state index is 13.3. The summed E-state index contributed by atoms with van der Waals surface area (Å²) >= 11 is 1.52. The summed E-state index contributed by atoms with van der Waals surface area (Å²) in [7, 11) is -3.58. The Kier molecular flexibility index (Phi) is 10.8. The Morgan fingerprint density at radius 1 is 1.00 bits per heavy atom. The molecule has 0 aliphatic heterocycles. The number of anilines is 1. The molecule has 2 aromatic carbocycles. The first-order valence-electron chi connectivity index (χ1n) is 13.5. The largest absolute Gasteiger partial charge is 0.416 e. The smallest absolute Gasteiger partial charge is 0.384 e. The minimum Gasteiger partial charge on any atom is -0.384 e. The Balaban J connectivity index is 1.66. The van der Waals surface area contributed by atoms with Gasteiger partial charge < -0.3 is 16.0 Å². The Morgan fingerprint density at radius 2 is 1.66 bits per heavy atom. The molecule has 12 heteroatoms. The first-order chi connectivity index (χ1) is 19.1. The molecule has 3 N–H and O–H groups in total. The average Bonchev–Trinajstić information content (AvgIpc) is 2.90. The fraction of sp³-hybridized carbons (Fsp3) is 0.517. The number of hydrogen-bond donors (Lipinski definition) is 3. The van der Waals surface area contributed by atoms with Gasteiger partial charge in [0.25, 0.3) is 5.91 Å². The number of halogens is 3. The van der Waals surface area contributed by atoms with E-state index in [2.05, 4.69) is 16.0 Å². The minimum absolute atomic E-state index is 0.115. The normalized spacial score (nSPS) is 18.0. The third-order valence-corrected chi connectivity index (χ3v) is 9.52. The zero-order valence-corrected chi connectivity index (χ0v) is 25.4. The molecule has 2 amide bonds. The summed E-state index contributed by atoms with van der Waals surface area (Å²) in [6.45, 7) is 5.78. The van der Waals surface area contributed by atoms with E-state index >= 15 is 0 Å². The summed E-state index contributed by atoms with van der Waals surface area (Å²) in [6.07, 6.45) is 0.163. The van der Waals surface area contributed by atoms with Gasteiger partial charge in [-0.1, -0.05) is 33.6 Å². The second kappa shape index (κ2) is 13.5. The fourth-order valence-electron chi connectivity index (χ4n) is 4.69. The van der Waals surface area contributed by atoms with Crippen LogP contribution < -0.4 is 16.0 Å². The third-order valence-electron chi connectivity index (χ3n) is 6.92. The molecule has 3 rings (SSSR count). The average molecular weight is 614 g/mol. The van der Waals surface area contributed by atoms with Crippen LogP contribution >= 0.6 is 11.8 Å². The van der Waals surface area contributed by atoms with Crippen molar-refractivity contribution < 1.29 is 31.2 Å². The Labute approximate surface area is 244 Å². The van der Waals surface area contributed by atoms with E-state index in [1.807, 2.05) is 27.0 Å². The van der Waals surface area contributed by atoms with E-state index in [0.29, 0.717) is 19.4 Å². The molecule has 1 fully saturated rings. The molecule has 226 valence electrons. The number of carbonyl (C=O) groups excluding carboxylic acids is 2. The number of alkyl halides is 3. The van der Waals surface area contributed by atoms with Gasteiger partial charge in [0, 0.05) is 23.2 Å². The first-order valence-corrected chi connectivity index (χ1v) is 16.4. The van der Waals surface area contributed by atoms with Crippen molar-refractivity contribution in [3.63, 3.8) is 0 Å². The SMILES string of the molecule is CSc1ccc(S(=O)(=O)C[C@@H]2CCCC[C@@H]2NC(=O)CNC(=O)c2cc(C(F)(F)F)ccc2NCC(C)(C)C)cc1. The Morgan fingerprint density at radius 3 is 2.27 bits per heavy atom. The van der Waals surface area contributed by atoms with Crippen LogP contribution in [0.25, 0.3) is 0 Å². The lowest BCUT2D eigenvalue weighted by Gasteiger charge is -2.32. The number of benzene rings is 2. The topological polar surface area (TPSA) is 104 Å². The molecule has 0 radical (unpaired) electrons. The fourth-order valence-corrected chi connectivity index (χ4v) is 6.81. The van der Waals surface area contributed by atoms with Gasteiger partial charge in [-0.05, 0) is 72.9 Å². The van der Waals surface area contributed by atoms with Crippen molar-refractivity contribution in [1.82, 2.24) is 10.6 Å². The van der Waals surface area contributed by atoms with Crippen LogP contribution in [0.2, 0.25) is 0 Å². The minimum atomic E-state index is -4.64. The lowest BCUT2D eigenvalue weighted by molar-refractivity contribution is -0.137. The third kappa shape index (κ3) is 9.66. The summed E-state index contributed by atoms with van der Waals surface area (Å²) in [5.74, 6) is -1.77. The molecule has 0 aromatic heterocycles. The highest BCUT2D eigenvalue weighted by molar-refractivity contribution is 7.98. The number of rotatable bonds is 10. The van der Waals surface area contributed by atoms with Crippen LogP contribution in [0.1, 0.15) is 62.4 Å². The molecule has 0 heterocycles. The van der Waals surface area contributed by atoms with Crippen molar-refractivity contribution in [3.05, 3.63) is 53.6 Å². The second-order valence-corrected chi connectivity index (χ2v) is 14.4. The van der Waals surface area contributed by atoms with Crippen molar-refractivity contribution >= 4 is 39.1 Å². The van der Waals surface area contributed by atoms with E-state index in [4.69, 9.17) is 0 Å². The molecule has 0 bridgehead atoms. The van der Waals surface area contributed by atoms with E-state index in [0.717, 1.165) is 29.9 Å². The van der Waals surface area contributed by atoms with Gasteiger partial charge in [-0.15, -0.1) is 11.8 Å². The molecule has 2 atom stereocenters. The molecule has 1 aliphatic carbocycles. The van der Waals surface area contributed by atoms with Crippen LogP contribution in [-0.2, 0) is 20.8 Å². The van der Waals surface area contributed by atoms with Crippen LogP contribution in [0, 0.1) is 11.3 Å². The standard InChI is InChI=1S/C29H38F3N3O4S2/c1-28(2,3)18-34-25-14-9-20(29(30,31)32)15-23(25)27(37)33-16-26(36)35-24-8-6-5-7-19(24)17-41(38,39)22-12-10-21(40-4)11-13-22/h9-15,19,24,34H,5-8,16-18H2,1-4H3,(H,33,37)(H,35,36)/t19-,24-/m0/s1. The van der Waals surface area contributed by atoms with Crippen molar-refractivity contribution in [2.45, 2.75) is 68.5 Å². The van der Waals surface area contributed by atoms with Gasteiger partial charge in [-0.3, -0.25) is 9.59 Å². The van der Waals surface area contributed by atoms with E-state index in [-0.39, 0.29) is 33.2 Å². The first kappa shape index (κ1) is 32.8. The summed E-state index contributed by atoms with van der Waals surface area (Å²) in [5.41, 5.74) is -1.15. The lowest BCUT2D eigenvalue weighted by atomic mass is 9.86. The number of hydrogen-bond acceptors (Lipinski definition) is 6. The van der Waals surface area contributed by atoms with E-state index in [1.165, 1.54) is 17.8 Å². The quantitative estimate of drug-likeness (QED) is 0.294. The maximum Gasteiger partial charge on any atom is 0.416 e. The molecule has 0 saturated heterocycles. The van der Waals surface area contributed by atoms with Crippen molar-refractivity contribution in [1.29, 1.82) is 0 Å². The zero-order chi connectivity index (χ0) is 30.4. The highest BCUT2D eigenvalue weighted by Crippen LogP contribution is 2.32. The summed E-state index contributed by atoms with van der Waals surface area (Å²) in [4.78, 5) is 26.9. The number of nitrogens with one attached hydrogen (secondary N) is 3. The lowest BCUT2D eigenvalue weighted by Crippen LogP contribution is -2.47. The molecule has 2 aromatic rings. The van der Waals surface area contributed by atoms with E-state index < -0.39 is 46.0 Å². The zero-order valence-electron chi connectivity index (χ0n) is 23.7. The van der Waals surface area contributed by atoms with Gasteiger partial charge in [0.1, 0.15) is 0 Å². The van der Waals surface area contributed by atoms with Gasteiger partial charge in [0.15, 0.2) is 9.84 Å². The molecule has 1 aliphatic rings. The molecular weight excluding hydrogens is 575 g/mol. The summed E-state index contributed by atoms with van der Waals surface area (Å²) in [5, 5.41) is 8.30. The van der Waals surface area contributed by atoms with Crippen molar-refractivity contribution in [2.24, 2.45) is 11.3 Å². The maximum atomic E-state index is 13.3. The van der Waals surface area contributed by atoms with E-state index in [9.17, 15) is 31.2 Å². The number of carbonyl (C=O) groups is 2. The molecule has 7 nitrogen and oxygen atoms in total. The van der Waals surface area contributed by atoms with E-state index in [1.54, 1.807) is 24.3 Å². The van der Waals surface area contributed by atoms with Gasteiger partial charge in [-0.2, -0.15) is 13.2 Å². The second-order valence-electron chi connectivity index (χ2n) is 11.5. The number of sulfone groups is 1. The van der Waals surface area contributed by atoms with Gasteiger partial charge >= 0.3 is 6.18 Å². The van der Waals surface area contributed by atoms with Crippen LogP contribution in [0.5, 0.6) is 0 Å². The van der Waals surface area contributed by atoms with Crippen LogP contribution in [0.3, 0.4) is 0 Å². The van der Waals surface area contributed by atoms with Crippen LogP contribution in [0.15, 0.2) is 52.3 Å². The predicted molar refractivity (Wildman–Crippen MR) is 156 cm³/mol. The molecule has 41 heavy (non-hydrogen) atoms. The molecular formula is C29H38F3N3O4S2. The molecule has 1 saturated carbocycles. The Hall–Kier alpha value is -2.73. The highest BCUT2D eigenvalue weighted by atomic mass is 32.2. The van der Waals surface area contributed by atoms with Gasteiger partial charge in [0.2, 0.25) is 5.91 Å². The number of amides is 2. The monoisotopic (exact) mass is 613 g/mol. The van der Waals surface area contributed by atoms with Crippen LogP contribution in [-0.4, -0.2) is 51.4 Å². The Bertz CT molecular complexity index is 1320. The van der Waals surface area contributed by atoms with Crippen molar-refractivity contribution in [3.8, 4) is 0 Å². The van der Waals surface area contributed by atoms with Crippen LogP contribution in [0.4, 0.5) is 18.9 Å². The van der Waals surface area contributed by atoms with Gasteiger partial charge in [-0.25, -0.2) is 8.42 Å². The van der Waals surface area contributed by atoms with Gasteiger partial charge in [0.05, 0.1) is 28.3 Å². The predicted octanol–water partition coefficient (Wildman–Crippen LogP) is 5.76. The summed E-state index contributed by atoms with van der Waals surface area (Å²) < 4.78 is 66.2. The highest BCUT2D eigenvalue weighted by Gasteiger charge is 2.33.